The average Bonchev–Trinajstić information content (AvgIpc) is 2.75. The van der Waals surface area contributed by atoms with Crippen LogP contribution in [0.4, 0.5) is 0 Å². The van der Waals surface area contributed by atoms with Crippen LogP contribution in [0.2, 0.25) is 0 Å². The van der Waals surface area contributed by atoms with Crippen LogP contribution in [0.25, 0.3) is 0 Å². The van der Waals surface area contributed by atoms with E-state index in [1.807, 2.05) is 0 Å². The summed E-state index contributed by atoms with van der Waals surface area (Å²) in [4.78, 5) is 23.1. The highest BCUT2D eigenvalue weighted by Gasteiger charge is 2.23. The van der Waals surface area contributed by atoms with Crippen molar-refractivity contribution in [3.63, 3.8) is 0 Å². The largest absolute Gasteiger partial charge is 0.481 e. The van der Waals surface area contributed by atoms with Crippen molar-refractivity contribution in [2.45, 2.75) is 12.3 Å². The monoisotopic (exact) mass is 239 g/mol. The quantitative estimate of drug-likeness (QED) is 0.741. The molecule has 1 aromatic heterocycles. The highest BCUT2D eigenvalue weighted by molar-refractivity contribution is 7.10. The summed E-state index contributed by atoms with van der Waals surface area (Å²) in [5.41, 5.74) is 0. The minimum Gasteiger partial charge on any atom is -0.481 e. The van der Waals surface area contributed by atoms with Gasteiger partial charge in [0.1, 0.15) is 0 Å². The molecule has 1 amide bonds. The number of nitrogens with one attached hydrogen (secondary N) is 1. The molecule has 0 saturated heterocycles. The Bertz CT molecular complexity index is 373. The lowest BCUT2D eigenvalue weighted by molar-refractivity contribution is -0.140. The van der Waals surface area contributed by atoms with Gasteiger partial charge in [0.05, 0.1) is 5.92 Å². The lowest BCUT2D eigenvalue weighted by atomic mass is 10.0. The van der Waals surface area contributed by atoms with Gasteiger partial charge in [0.15, 0.2) is 0 Å². The minimum absolute atomic E-state index is 0.0380. The van der Waals surface area contributed by atoms with E-state index < -0.39 is 11.9 Å². The highest BCUT2D eigenvalue weighted by Crippen LogP contribution is 2.24. The van der Waals surface area contributed by atoms with Crippen LogP contribution in [0.1, 0.15) is 17.2 Å². The van der Waals surface area contributed by atoms with E-state index in [9.17, 15) is 9.59 Å². The maximum atomic E-state index is 11.4. The van der Waals surface area contributed by atoms with Crippen LogP contribution in [-0.4, -0.2) is 23.5 Å². The summed E-state index contributed by atoms with van der Waals surface area (Å²) in [6.07, 6.45) is 1.52. The van der Waals surface area contributed by atoms with Gasteiger partial charge in [-0.2, -0.15) is 0 Å². The minimum atomic E-state index is -0.976. The van der Waals surface area contributed by atoms with Crippen molar-refractivity contribution in [1.82, 2.24) is 5.32 Å². The van der Waals surface area contributed by atoms with Crippen LogP contribution < -0.4 is 5.32 Å². The molecule has 0 aliphatic heterocycles. The van der Waals surface area contributed by atoms with Gasteiger partial charge in [-0.25, -0.2) is 0 Å². The molecule has 2 N–H and O–H groups in total. The average molecular weight is 239 g/mol. The third kappa shape index (κ3) is 3.51. The van der Waals surface area contributed by atoms with Crippen LogP contribution in [0.5, 0.6) is 0 Å². The summed E-state index contributed by atoms with van der Waals surface area (Å²) in [6, 6.07) is 3.50. The van der Waals surface area contributed by atoms with Gasteiger partial charge in [-0.3, -0.25) is 9.59 Å². The van der Waals surface area contributed by atoms with Gasteiger partial charge in [0, 0.05) is 17.8 Å². The molecule has 5 heteroatoms. The Hall–Kier alpha value is -1.62. The zero-order chi connectivity index (χ0) is 12.0. The second-order valence-electron chi connectivity index (χ2n) is 3.20. The molecule has 0 aliphatic rings. The highest BCUT2D eigenvalue weighted by atomic mass is 32.1. The van der Waals surface area contributed by atoms with E-state index in [0.29, 0.717) is 11.4 Å². The van der Waals surface area contributed by atoms with Crippen molar-refractivity contribution in [1.29, 1.82) is 0 Å². The van der Waals surface area contributed by atoms with E-state index in [1.54, 1.807) is 23.6 Å². The number of thiophene rings is 1. The van der Waals surface area contributed by atoms with Gasteiger partial charge in [-0.1, -0.05) is 12.1 Å². The van der Waals surface area contributed by atoms with E-state index in [2.05, 4.69) is 11.9 Å². The Morgan fingerprint density at radius 3 is 2.88 bits per heavy atom. The number of aliphatic carboxylic acids is 1. The molecule has 1 unspecified atom stereocenters. The fraction of sp³-hybridized carbons (Fsp3) is 0.273. The number of carbonyl (C=O) groups is 2. The SMILES string of the molecule is C=CCNC(=O)CC(C(=O)O)c1cccs1. The van der Waals surface area contributed by atoms with Crippen LogP contribution in [-0.2, 0) is 9.59 Å². The molecule has 1 rings (SSSR count). The van der Waals surface area contributed by atoms with Gasteiger partial charge in [-0.15, -0.1) is 17.9 Å². The van der Waals surface area contributed by atoms with Gasteiger partial charge in [0.25, 0.3) is 0 Å². The first-order valence-electron chi connectivity index (χ1n) is 4.79. The first-order chi connectivity index (χ1) is 7.65. The van der Waals surface area contributed by atoms with Crippen LogP contribution in [0, 0.1) is 0 Å². The number of carboxylic acid groups (broad SMARTS) is 1. The first kappa shape index (κ1) is 12.4. The van der Waals surface area contributed by atoms with Gasteiger partial charge >= 0.3 is 5.97 Å². The zero-order valence-corrected chi connectivity index (χ0v) is 9.50. The summed E-state index contributed by atoms with van der Waals surface area (Å²) < 4.78 is 0. The molecule has 0 aliphatic carbocycles. The molecular weight excluding hydrogens is 226 g/mol. The van der Waals surface area contributed by atoms with E-state index in [1.165, 1.54) is 11.3 Å². The summed E-state index contributed by atoms with van der Waals surface area (Å²) in [5.74, 6) is -2.01. The third-order valence-electron chi connectivity index (χ3n) is 2.02. The van der Waals surface area contributed by atoms with Crippen molar-refractivity contribution < 1.29 is 14.7 Å². The van der Waals surface area contributed by atoms with E-state index in [4.69, 9.17) is 5.11 Å². The lowest BCUT2D eigenvalue weighted by Crippen LogP contribution is -2.27. The van der Waals surface area contributed by atoms with E-state index in [-0.39, 0.29) is 12.3 Å². The molecule has 0 fully saturated rings. The van der Waals surface area contributed by atoms with Crippen LogP contribution in [0.15, 0.2) is 30.2 Å². The van der Waals surface area contributed by atoms with Crippen molar-refractivity contribution in [2.75, 3.05) is 6.54 Å². The zero-order valence-electron chi connectivity index (χ0n) is 8.68. The molecule has 1 aromatic rings. The number of carboxylic acids is 1. The number of amides is 1. The number of hydrogen-bond acceptors (Lipinski definition) is 3. The Kier molecular flexibility index (Phi) is 4.72. The summed E-state index contributed by atoms with van der Waals surface area (Å²) in [6.45, 7) is 3.82. The number of hydrogen-bond donors (Lipinski definition) is 2. The molecule has 86 valence electrons. The second-order valence-corrected chi connectivity index (χ2v) is 4.18. The van der Waals surface area contributed by atoms with Gasteiger partial charge in [-0.05, 0) is 11.4 Å². The van der Waals surface area contributed by atoms with Crippen molar-refractivity contribution >= 4 is 23.2 Å². The molecule has 1 heterocycles. The van der Waals surface area contributed by atoms with Crippen LogP contribution in [0.3, 0.4) is 0 Å². The molecule has 0 radical (unpaired) electrons. The van der Waals surface area contributed by atoms with Crippen molar-refractivity contribution in [3.8, 4) is 0 Å². The van der Waals surface area contributed by atoms with Gasteiger partial charge in [0.2, 0.25) is 5.91 Å². The molecule has 0 saturated carbocycles. The summed E-state index contributed by atoms with van der Waals surface area (Å²) in [7, 11) is 0. The molecule has 4 nitrogen and oxygen atoms in total. The smallest absolute Gasteiger partial charge is 0.312 e. The Morgan fingerprint density at radius 2 is 2.38 bits per heavy atom. The fourth-order valence-corrected chi connectivity index (χ4v) is 2.06. The Labute approximate surface area is 97.6 Å². The van der Waals surface area contributed by atoms with Crippen molar-refractivity contribution in [3.05, 3.63) is 35.0 Å². The predicted octanol–water partition coefficient (Wildman–Crippen LogP) is 1.61. The van der Waals surface area contributed by atoms with Gasteiger partial charge < -0.3 is 10.4 Å². The summed E-state index contributed by atoms with van der Waals surface area (Å²) in [5, 5.41) is 13.4. The molecule has 1 atom stereocenters. The Balaban J connectivity index is 2.63. The topological polar surface area (TPSA) is 66.4 Å². The molecule has 0 spiro atoms. The van der Waals surface area contributed by atoms with Crippen LogP contribution >= 0.6 is 11.3 Å². The normalized spacial score (nSPS) is 11.8. The molecular formula is C11H13NO3S. The first-order valence-corrected chi connectivity index (χ1v) is 5.67. The third-order valence-corrected chi connectivity index (χ3v) is 3.00. The maximum absolute atomic E-state index is 11.4. The Morgan fingerprint density at radius 1 is 1.62 bits per heavy atom. The standard InChI is InChI=1S/C11H13NO3S/c1-2-5-12-10(13)7-8(11(14)15)9-4-3-6-16-9/h2-4,6,8H,1,5,7H2,(H,12,13)(H,14,15). The lowest BCUT2D eigenvalue weighted by Gasteiger charge is -2.09. The van der Waals surface area contributed by atoms with E-state index in [0.717, 1.165) is 0 Å². The van der Waals surface area contributed by atoms with Crippen molar-refractivity contribution in [2.24, 2.45) is 0 Å². The molecule has 16 heavy (non-hydrogen) atoms. The number of rotatable bonds is 6. The second kappa shape index (κ2) is 6.07. The number of carbonyl (C=O) groups excluding carboxylic acids is 1. The maximum Gasteiger partial charge on any atom is 0.312 e. The summed E-state index contributed by atoms with van der Waals surface area (Å²) >= 11 is 1.34. The molecule has 0 bridgehead atoms. The predicted molar refractivity (Wildman–Crippen MR) is 62.5 cm³/mol. The molecule has 0 aromatic carbocycles. The fourth-order valence-electron chi connectivity index (χ4n) is 1.24. The van der Waals surface area contributed by atoms with E-state index >= 15 is 0 Å².